The Kier molecular flexibility index (Phi) is 5.94. The molecule has 0 aliphatic carbocycles. The third kappa shape index (κ3) is 4.20. The van der Waals surface area contributed by atoms with Crippen LogP contribution in [0.2, 0.25) is 0 Å². The Morgan fingerprint density at radius 2 is 1.70 bits per heavy atom. The number of rotatable bonds is 5. The van der Waals surface area contributed by atoms with E-state index in [-0.39, 0.29) is 5.75 Å². The van der Waals surface area contributed by atoms with E-state index in [9.17, 15) is 25.5 Å². The Labute approximate surface area is 132 Å². The van der Waals surface area contributed by atoms with E-state index in [1.54, 1.807) is 18.2 Å². The highest BCUT2D eigenvalue weighted by molar-refractivity contribution is 5.53. The summed E-state index contributed by atoms with van der Waals surface area (Å²) in [6.07, 6.45) is -4.94. The third-order valence-corrected chi connectivity index (χ3v) is 3.62. The molecule has 128 valence electrons. The van der Waals surface area contributed by atoms with Crippen LogP contribution in [0.25, 0.3) is 6.08 Å². The van der Waals surface area contributed by atoms with Gasteiger partial charge in [0.15, 0.2) is 6.23 Å². The summed E-state index contributed by atoms with van der Waals surface area (Å²) in [4.78, 5) is 0. The van der Waals surface area contributed by atoms with Gasteiger partial charge in [-0.25, -0.2) is 0 Å². The molecule has 0 amide bonds. The lowest BCUT2D eigenvalue weighted by atomic mass is 9.98. The lowest BCUT2D eigenvalue weighted by Crippen LogP contribution is -2.62. The molecule has 1 aromatic rings. The Bertz CT molecular complexity index is 531. The number of phenolic OH excluding ortho intramolecular Hbond substituents is 1. The maximum Gasteiger partial charge on any atom is 0.157 e. The first kappa shape index (κ1) is 17.7. The maximum atomic E-state index is 9.95. The Hall–Kier alpha value is -1.68. The first-order valence-electron chi connectivity index (χ1n) is 7.13. The van der Waals surface area contributed by atoms with Crippen LogP contribution < -0.4 is 5.32 Å². The summed E-state index contributed by atoms with van der Waals surface area (Å²) in [6.45, 7) is -0.921. The van der Waals surface area contributed by atoms with Gasteiger partial charge in [-0.3, -0.25) is 0 Å². The van der Waals surface area contributed by atoms with Gasteiger partial charge in [-0.15, -0.1) is 0 Å². The first-order valence-corrected chi connectivity index (χ1v) is 7.13. The van der Waals surface area contributed by atoms with Crippen molar-refractivity contribution in [3.63, 3.8) is 0 Å². The van der Waals surface area contributed by atoms with Crippen LogP contribution in [-0.4, -0.2) is 74.5 Å². The molecule has 8 nitrogen and oxygen atoms in total. The molecule has 23 heavy (non-hydrogen) atoms. The van der Waals surface area contributed by atoms with Crippen LogP contribution in [-0.2, 0) is 4.74 Å². The molecule has 0 aromatic heterocycles. The highest BCUT2D eigenvalue weighted by Crippen LogP contribution is 2.21. The summed E-state index contributed by atoms with van der Waals surface area (Å²) < 4.78 is 5.31. The highest BCUT2D eigenvalue weighted by Gasteiger charge is 2.43. The van der Waals surface area contributed by atoms with Crippen molar-refractivity contribution in [2.75, 3.05) is 13.2 Å². The second-order valence-corrected chi connectivity index (χ2v) is 5.31. The number of nitrogens with one attached hydrogen (secondary N) is 1. The van der Waals surface area contributed by atoms with Crippen molar-refractivity contribution in [3.05, 3.63) is 35.5 Å². The molecular weight excluding hydrogens is 306 g/mol. The molecule has 0 saturated carbocycles. The van der Waals surface area contributed by atoms with E-state index in [2.05, 4.69) is 5.32 Å². The van der Waals surface area contributed by atoms with E-state index in [1.807, 2.05) is 0 Å². The quantitative estimate of drug-likeness (QED) is 0.333. The first-order chi connectivity index (χ1) is 11.0. The number of aliphatic hydroxyl groups is 5. The Balaban J connectivity index is 2.12. The topological polar surface area (TPSA) is 143 Å². The van der Waals surface area contributed by atoms with Gasteiger partial charge in [0.2, 0.25) is 0 Å². The number of aromatic hydroxyl groups is 1. The van der Waals surface area contributed by atoms with Crippen LogP contribution in [0.5, 0.6) is 5.75 Å². The lowest BCUT2D eigenvalue weighted by Gasteiger charge is -2.40. The molecule has 1 heterocycles. The number of phenols is 1. The molecular formula is C15H21NO7. The second-order valence-electron chi connectivity index (χ2n) is 5.31. The van der Waals surface area contributed by atoms with Crippen molar-refractivity contribution in [3.8, 4) is 5.75 Å². The van der Waals surface area contributed by atoms with Crippen LogP contribution in [0.4, 0.5) is 0 Å². The van der Waals surface area contributed by atoms with E-state index in [0.717, 1.165) is 0 Å². The SMILES string of the molecule is OC/C(=C\c1ccc(O)cc1)N[C@@H]1O[C@H](CO)[C@@H](O)[C@H](O)[C@H]1O. The highest BCUT2D eigenvalue weighted by atomic mass is 16.6. The summed E-state index contributed by atoms with van der Waals surface area (Å²) in [7, 11) is 0. The van der Waals surface area contributed by atoms with Crippen LogP contribution >= 0.6 is 0 Å². The Morgan fingerprint density at radius 1 is 1.04 bits per heavy atom. The smallest absolute Gasteiger partial charge is 0.157 e. The third-order valence-electron chi connectivity index (χ3n) is 3.62. The van der Waals surface area contributed by atoms with Crippen molar-refractivity contribution in [1.29, 1.82) is 0 Å². The van der Waals surface area contributed by atoms with E-state index < -0.39 is 43.9 Å². The van der Waals surface area contributed by atoms with Crippen molar-refractivity contribution >= 4 is 6.08 Å². The predicted octanol–water partition coefficient (Wildman–Crippen LogP) is -1.89. The largest absolute Gasteiger partial charge is 0.508 e. The molecule has 1 fully saturated rings. The average Bonchev–Trinajstić information content (AvgIpc) is 2.56. The summed E-state index contributed by atoms with van der Waals surface area (Å²) >= 11 is 0. The van der Waals surface area contributed by atoms with Gasteiger partial charge in [-0.05, 0) is 23.8 Å². The molecule has 0 spiro atoms. The van der Waals surface area contributed by atoms with Crippen molar-refractivity contribution < 1.29 is 35.4 Å². The number of hydrogen-bond acceptors (Lipinski definition) is 8. The van der Waals surface area contributed by atoms with Crippen molar-refractivity contribution in [2.45, 2.75) is 30.6 Å². The number of ether oxygens (including phenoxy) is 1. The number of aliphatic hydroxyl groups excluding tert-OH is 5. The minimum absolute atomic E-state index is 0.106. The van der Waals surface area contributed by atoms with Gasteiger partial charge in [0.1, 0.15) is 30.2 Å². The fourth-order valence-electron chi connectivity index (χ4n) is 2.31. The molecule has 7 N–H and O–H groups in total. The van der Waals surface area contributed by atoms with E-state index in [1.165, 1.54) is 12.1 Å². The van der Waals surface area contributed by atoms with E-state index >= 15 is 0 Å². The summed E-state index contributed by atoms with van der Waals surface area (Å²) in [5.41, 5.74) is 0.976. The molecule has 0 radical (unpaired) electrons. The van der Waals surface area contributed by atoms with Crippen LogP contribution in [0.3, 0.4) is 0 Å². The Morgan fingerprint density at radius 3 is 2.26 bits per heavy atom. The fraction of sp³-hybridized carbons (Fsp3) is 0.467. The molecule has 0 unspecified atom stereocenters. The minimum atomic E-state index is -1.49. The van der Waals surface area contributed by atoms with Gasteiger partial charge in [0, 0.05) is 5.70 Å². The van der Waals surface area contributed by atoms with Gasteiger partial charge < -0.3 is 40.7 Å². The summed E-state index contributed by atoms with van der Waals surface area (Å²) in [5, 5.41) is 59.9. The van der Waals surface area contributed by atoms with Crippen LogP contribution in [0.15, 0.2) is 30.0 Å². The zero-order valence-electron chi connectivity index (χ0n) is 12.3. The minimum Gasteiger partial charge on any atom is -0.508 e. The average molecular weight is 327 g/mol. The zero-order chi connectivity index (χ0) is 17.0. The lowest BCUT2D eigenvalue weighted by molar-refractivity contribution is -0.234. The molecule has 0 bridgehead atoms. The summed E-state index contributed by atoms with van der Waals surface area (Å²) in [6, 6.07) is 6.21. The number of hydrogen-bond donors (Lipinski definition) is 7. The molecule has 5 atom stereocenters. The van der Waals surface area contributed by atoms with Crippen molar-refractivity contribution in [2.24, 2.45) is 0 Å². The molecule has 8 heteroatoms. The monoisotopic (exact) mass is 327 g/mol. The van der Waals surface area contributed by atoms with E-state index in [0.29, 0.717) is 11.3 Å². The fourth-order valence-corrected chi connectivity index (χ4v) is 2.31. The molecule has 1 aromatic carbocycles. The molecule has 2 rings (SSSR count). The summed E-state index contributed by atoms with van der Waals surface area (Å²) in [5.74, 6) is 0.106. The predicted molar refractivity (Wildman–Crippen MR) is 80.1 cm³/mol. The van der Waals surface area contributed by atoms with Gasteiger partial charge in [-0.1, -0.05) is 12.1 Å². The maximum absolute atomic E-state index is 9.95. The van der Waals surface area contributed by atoms with Gasteiger partial charge in [-0.2, -0.15) is 0 Å². The van der Waals surface area contributed by atoms with Crippen molar-refractivity contribution in [1.82, 2.24) is 5.32 Å². The molecule has 1 aliphatic rings. The van der Waals surface area contributed by atoms with Gasteiger partial charge in [0.25, 0.3) is 0 Å². The van der Waals surface area contributed by atoms with Crippen LogP contribution in [0.1, 0.15) is 5.56 Å². The zero-order valence-corrected chi connectivity index (χ0v) is 12.3. The van der Waals surface area contributed by atoms with Gasteiger partial charge >= 0.3 is 0 Å². The molecule has 1 aliphatic heterocycles. The van der Waals surface area contributed by atoms with E-state index in [4.69, 9.17) is 9.84 Å². The van der Waals surface area contributed by atoms with Gasteiger partial charge in [0.05, 0.1) is 13.2 Å². The normalized spacial score (nSPS) is 31.9. The second kappa shape index (κ2) is 7.73. The van der Waals surface area contributed by atoms with Crippen LogP contribution in [0, 0.1) is 0 Å². The molecule has 1 saturated heterocycles. The standard InChI is InChI=1S/C15H21NO7/c17-6-9(5-8-1-3-10(19)4-2-8)16-15-14(22)13(21)12(20)11(7-18)23-15/h1-5,11-22H,6-7H2/b9-5+/t11-,12-,13+,14-,15-/m1/s1. The number of benzene rings is 1.